The number of hydrogen-bond acceptors (Lipinski definition) is 6. The Morgan fingerprint density at radius 2 is 1.67 bits per heavy atom. The van der Waals surface area contributed by atoms with Crippen LogP contribution in [0.5, 0.6) is 0 Å². The van der Waals surface area contributed by atoms with E-state index < -0.39 is 35.0 Å². The molecule has 0 spiro atoms. The summed E-state index contributed by atoms with van der Waals surface area (Å²) >= 11 is 0. The third-order valence-corrected chi connectivity index (χ3v) is 9.78. The Labute approximate surface area is 209 Å². The molecule has 4 fully saturated rings. The summed E-state index contributed by atoms with van der Waals surface area (Å²) in [4.78, 5) is 49.5. The molecule has 4 rings (SSSR count). The van der Waals surface area contributed by atoms with Gasteiger partial charge in [0, 0.05) is 38.2 Å². The van der Waals surface area contributed by atoms with Gasteiger partial charge in [0.1, 0.15) is 11.9 Å². The first-order valence-electron chi connectivity index (χ1n) is 12.9. The summed E-state index contributed by atoms with van der Waals surface area (Å²) in [6.07, 6.45) is 0.540. The molecule has 6 nitrogen and oxygen atoms in total. The summed E-state index contributed by atoms with van der Waals surface area (Å²) in [5, 5.41) is 0. The van der Waals surface area contributed by atoms with E-state index in [1.165, 1.54) is 6.92 Å². The second kappa shape index (κ2) is 9.28. The summed E-state index contributed by atoms with van der Waals surface area (Å²) in [6, 6.07) is 0. The average molecular weight is 513 g/mol. The molecule has 4 saturated carbocycles. The van der Waals surface area contributed by atoms with E-state index in [-0.39, 0.29) is 53.4 Å². The minimum atomic E-state index is -4.97. The molecule has 0 aromatic heterocycles. The zero-order valence-corrected chi connectivity index (χ0v) is 21.3. The number of esters is 2. The van der Waals surface area contributed by atoms with Gasteiger partial charge in [0.2, 0.25) is 5.76 Å². The third-order valence-electron chi connectivity index (χ3n) is 9.78. The molecule has 36 heavy (non-hydrogen) atoms. The fourth-order valence-corrected chi connectivity index (χ4v) is 8.40. The summed E-state index contributed by atoms with van der Waals surface area (Å²) in [7, 11) is 0. The zero-order valence-electron chi connectivity index (χ0n) is 21.3. The van der Waals surface area contributed by atoms with E-state index in [2.05, 4.69) is 11.7 Å². The molecule has 0 aromatic carbocycles. The van der Waals surface area contributed by atoms with Gasteiger partial charge < -0.3 is 9.47 Å². The summed E-state index contributed by atoms with van der Waals surface area (Å²) < 4.78 is 49.9. The molecule has 0 bridgehead atoms. The van der Waals surface area contributed by atoms with Crippen LogP contribution in [0.2, 0.25) is 0 Å². The van der Waals surface area contributed by atoms with Crippen molar-refractivity contribution in [2.75, 3.05) is 0 Å². The lowest BCUT2D eigenvalue weighted by molar-refractivity contribution is -0.169. The van der Waals surface area contributed by atoms with E-state index in [9.17, 15) is 32.3 Å². The maximum atomic E-state index is 13.7. The Bertz CT molecular complexity index is 986. The van der Waals surface area contributed by atoms with Crippen LogP contribution in [0.15, 0.2) is 11.8 Å². The normalized spacial score (nSPS) is 40.5. The summed E-state index contributed by atoms with van der Waals surface area (Å²) in [6.45, 7) is 6.31. The number of carbonyl (C=O) groups is 4. The van der Waals surface area contributed by atoms with Crippen molar-refractivity contribution in [3.8, 4) is 0 Å². The van der Waals surface area contributed by atoms with Gasteiger partial charge in [0.05, 0.1) is 0 Å². The topological polar surface area (TPSA) is 86.7 Å². The van der Waals surface area contributed by atoms with Crippen LogP contribution in [-0.2, 0) is 28.7 Å². The second-order valence-electron chi connectivity index (χ2n) is 11.8. The number of Topliss-reactive ketones (excluding diaryl/α,β-unsaturated/α-hetero) is 1. The van der Waals surface area contributed by atoms with Crippen LogP contribution in [0.1, 0.15) is 79.1 Å². The van der Waals surface area contributed by atoms with Gasteiger partial charge in [-0.2, -0.15) is 13.2 Å². The highest BCUT2D eigenvalue weighted by Crippen LogP contribution is 2.66. The van der Waals surface area contributed by atoms with Crippen molar-refractivity contribution in [3.05, 3.63) is 11.8 Å². The Balaban J connectivity index is 1.57. The number of ketones is 2. The van der Waals surface area contributed by atoms with E-state index in [0.717, 1.165) is 32.6 Å². The van der Waals surface area contributed by atoms with Crippen LogP contribution < -0.4 is 0 Å². The predicted octanol–water partition coefficient (Wildman–Crippen LogP) is 5.33. The maximum absolute atomic E-state index is 13.7. The van der Waals surface area contributed by atoms with Crippen molar-refractivity contribution in [1.82, 2.24) is 0 Å². The lowest BCUT2D eigenvalue weighted by Crippen LogP contribution is -2.58. The number of rotatable bonds is 4. The van der Waals surface area contributed by atoms with Gasteiger partial charge in [0.25, 0.3) is 0 Å². The van der Waals surface area contributed by atoms with E-state index in [1.54, 1.807) is 0 Å². The van der Waals surface area contributed by atoms with Crippen molar-refractivity contribution in [2.24, 2.45) is 40.4 Å². The van der Waals surface area contributed by atoms with E-state index >= 15 is 0 Å². The molecule has 0 amide bonds. The van der Waals surface area contributed by atoms with Crippen LogP contribution >= 0.6 is 0 Å². The highest BCUT2D eigenvalue weighted by molar-refractivity contribution is 5.95. The molecule has 0 aliphatic heterocycles. The fourth-order valence-electron chi connectivity index (χ4n) is 8.40. The molecule has 0 saturated heterocycles. The van der Waals surface area contributed by atoms with Gasteiger partial charge in [0.15, 0.2) is 5.78 Å². The molecule has 0 radical (unpaired) electrons. The van der Waals surface area contributed by atoms with Crippen molar-refractivity contribution in [1.29, 1.82) is 0 Å². The molecule has 9 heteroatoms. The van der Waals surface area contributed by atoms with Gasteiger partial charge >= 0.3 is 18.1 Å². The third kappa shape index (κ3) is 4.62. The Morgan fingerprint density at radius 1 is 0.972 bits per heavy atom. The number of hydrogen-bond donors (Lipinski definition) is 0. The van der Waals surface area contributed by atoms with Gasteiger partial charge in [-0.25, -0.2) is 0 Å². The predicted molar refractivity (Wildman–Crippen MR) is 122 cm³/mol. The van der Waals surface area contributed by atoms with Gasteiger partial charge in [-0.15, -0.1) is 0 Å². The highest BCUT2D eigenvalue weighted by atomic mass is 19.4. The van der Waals surface area contributed by atoms with Gasteiger partial charge in [-0.3, -0.25) is 19.2 Å². The number of carbonyl (C=O) groups excluding carboxylic acids is 4. The molecular weight excluding hydrogens is 477 g/mol. The first kappa shape index (κ1) is 26.9. The maximum Gasteiger partial charge on any atom is 0.449 e. The van der Waals surface area contributed by atoms with Crippen molar-refractivity contribution in [2.45, 2.75) is 91.3 Å². The highest BCUT2D eigenvalue weighted by Gasteiger charge is 2.64. The van der Waals surface area contributed by atoms with Crippen molar-refractivity contribution in [3.63, 3.8) is 0 Å². The van der Waals surface area contributed by atoms with Gasteiger partial charge in [-0.1, -0.05) is 13.8 Å². The molecule has 0 N–H and O–H groups in total. The van der Waals surface area contributed by atoms with Crippen molar-refractivity contribution < 1.29 is 41.8 Å². The largest absolute Gasteiger partial charge is 0.463 e. The van der Waals surface area contributed by atoms with E-state index in [0.29, 0.717) is 25.3 Å². The number of fused-ring (bicyclic) bond motifs is 5. The number of halogens is 3. The van der Waals surface area contributed by atoms with Crippen molar-refractivity contribution >= 4 is 23.5 Å². The molecule has 4 aliphatic carbocycles. The minimum absolute atomic E-state index is 0.0644. The first-order valence-corrected chi connectivity index (χ1v) is 12.9. The standard InChI is InChI=1S/C27H35F3O6/c1-14(31)35-17-9-10-25(3)16(11-17)5-6-18-19-7-8-20(26(19,4)13-22(34)24(18)25)21(33)12-23(27(28,29)30)36-15(2)32/h12,16-20,24H,5-11,13H2,1-4H3/b23-12-/t16-,17-,18+,19+,20-,24-,25+,26+/m1/s1. The smallest absolute Gasteiger partial charge is 0.449 e. The van der Waals surface area contributed by atoms with Crippen LogP contribution in [-0.4, -0.2) is 35.8 Å². The quantitative estimate of drug-likeness (QED) is 0.287. The number of allylic oxidation sites excluding steroid dienone is 2. The molecule has 0 heterocycles. The molecule has 200 valence electrons. The Kier molecular flexibility index (Phi) is 6.92. The van der Waals surface area contributed by atoms with E-state index in [1.807, 2.05) is 6.92 Å². The SMILES string of the molecule is CC(=O)O/C(=C\C(=O)[C@H]1CC[C@H]2[C@@H]3CC[C@@H]4C[C@H](OC(C)=O)CC[C@]4(C)[C@H]3C(=O)C[C@]12C)C(F)(F)F. The van der Waals surface area contributed by atoms with Crippen LogP contribution in [0.25, 0.3) is 0 Å². The molecular formula is C27H35F3O6. The lowest BCUT2D eigenvalue weighted by atomic mass is 9.44. The Morgan fingerprint density at radius 3 is 2.28 bits per heavy atom. The molecule has 0 unspecified atom stereocenters. The average Bonchev–Trinajstić information content (AvgIpc) is 3.08. The van der Waals surface area contributed by atoms with E-state index in [4.69, 9.17) is 4.74 Å². The molecule has 8 atom stereocenters. The minimum Gasteiger partial charge on any atom is -0.463 e. The van der Waals surface area contributed by atoms with Crippen LogP contribution in [0.4, 0.5) is 13.2 Å². The van der Waals surface area contributed by atoms with Crippen LogP contribution in [0.3, 0.4) is 0 Å². The summed E-state index contributed by atoms with van der Waals surface area (Å²) in [5.74, 6) is -4.15. The fraction of sp³-hybridized carbons (Fsp3) is 0.778. The molecule has 4 aliphatic rings. The lowest BCUT2D eigenvalue weighted by Gasteiger charge is -2.59. The second-order valence-corrected chi connectivity index (χ2v) is 11.8. The van der Waals surface area contributed by atoms with Gasteiger partial charge in [-0.05, 0) is 73.5 Å². The Hall–Kier alpha value is -2.19. The zero-order chi connectivity index (χ0) is 26.6. The number of alkyl halides is 3. The monoisotopic (exact) mass is 512 g/mol. The van der Waals surface area contributed by atoms with Crippen LogP contribution in [0, 0.1) is 40.4 Å². The molecule has 0 aromatic rings. The number of ether oxygens (including phenoxy) is 2. The first-order chi connectivity index (χ1) is 16.7. The summed E-state index contributed by atoms with van der Waals surface area (Å²) in [5.41, 5.74) is -0.935.